The van der Waals surface area contributed by atoms with E-state index < -0.39 is 0 Å². The lowest BCUT2D eigenvalue weighted by atomic mass is 10.1. The van der Waals surface area contributed by atoms with Crippen molar-refractivity contribution < 1.29 is 0 Å². The van der Waals surface area contributed by atoms with Crippen LogP contribution in [0.5, 0.6) is 0 Å². The number of hydrogen-bond acceptors (Lipinski definition) is 4. The molecule has 0 radical (unpaired) electrons. The van der Waals surface area contributed by atoms with Crippen LogP contribution in [0.1, 0.15) is 11.1 Å². The minimum absolute atomic E-state index is 0.520. The molecule has 2 aromatic rings. The topological polar surface area (TPSA) is 63.8 Å². The summed E-state index contributed by atoms with van der Waals surface area (Å²) in [4.78, 5) is 7.88. The Labute approximate surface area is 105 Å². The number of aromatic nitrogens is 2. The van der Waals surface area contributed by atoms with Gasteiger partial charge in [-0.3, -0.25) is 0 Å². The summed E-state index contributed by atoms with van der Waals surface area (Å²) in [5.41, 5.74) is 7.80. The van der Waals surface area contributed by atoms with Gasteiger partial charge in [-0.15, -0.1) is 0 Å². The summed E-state index contributed by atoms with van der Waals surface area (Å²) in [5, 5.41) is 3.67. The highest BCUT2D eigenvalue weighted by atomic mass is 35.5. The summed E-state index contributed by atoms with van der Waals surface area (Å²) >= 11 is 5.93. The molecule has 0 aliphatic rings. The highest BCUT2D eigenvalue weighted by Crippen LogP contribution is 2.17. The quantitative estimate of drug-likeness (QED) is 0.871. The van der Waals surface area contributed by atoms with Crippen molar-refractivity contribution in [1.29, 1.82) is 0 Å². The molecule has 0 aliphatic carbocycles. The van der Waals surface area contributed by atoms with Crippen molar-refractivity contribution in [3.63, 3.8) is 0 Å². The molecule has 0 saturated heterocycles. The van der Waals surface area contributed by atoms with Gasteiger partial charge in [0.1, 0.15) is 17.2 Å². The van der Waals surface area contributed by atoms with Crippen LogP contribution in [0.2, 0.25) is 5.02 Å². The molecule has 4 nitrogen and oxygen atoms in total. The lowest BCUT2D eigenvalue weighted by Gasteiger charge is -2.07. The number of hydrogen-bond donors (Lipinski definition) is 2. The molecular weight excluding hydrogens is 236 g/mol. The van der Waals surface area contributed by atoms with Crippen LogP contribution in [0.15, 0.2) is 36.8 Å². The largest absolute Gasteiger partial charge is 0.365 e. The summed E-state index contributed by atoms with van der Waals surface area (Å²) in [6, 6.07) is 8.09. The van der Waals surface area contributed by atoms with Crippen LogP contribution in [-0.2, 0) is 13.1 Å². The van der Waals surface area contributed by atoms with E-state index in [9.17, 15) is 0 Å². The van der Waals surface area contributed by atoms with Crippen LogP contribution < -0.4 is 11.1 Å². The zero-order valence-electron chi connectivity index (χ0n) is 9.23. The van der Waals surface area contributed by atoms with Crippen LogP contribution in [0.25, 0.3) is 0 Å². The molecule has 2 rings (SSSR count). The van der Waals surface area contributed by atoms with E-state index in [0.717, 1.165) is 11.1 Å². The van der Waals surface area contributed by atoms with Crippen molar-refractivity contribution in [2.24, 2.45) is 5.73 Å². The number of anilines is 1. The zero-order chi connectivity index (χ0) is 12.1. The first-order valence-corrected chi connectivity index (χ1v) is 5.64. The molecule has 1 heterocycles. The van der Waals surface area contributed by atoms with E-state index in [1.807, 2.05) is 24.3 Å². The standard InChI is InChI=1S/C12H13ClN4/c13-11-7-15-8-17-12(11)16-6-10-3-1-9(5-14)2-4-10/h1-4,7-8H,5-6,14H2,(H,15,16,17). The molecule has 5 heteroatoms. The van der Waals surface area contributed by atoms with Crippen molar-refractivity contribution in [2.75, 3.05) is 5.32 Å². The molecular formula is C12H13ClN4. The zero-order valence-corrected chi connectivity index (χ0v) is 9.98. The average Bonchev–Trinajstić information content (AvgIpc) is 2.38. The van der Waals surface area contributed by atoms with Gasteiger partial charge in [0.05, 0.1) is 6.20 Å². The van der Waals surface area contributed by atoms with E-state index >= 15 is 0 Å². The number of nitrogens with one attached hydrogen (secondary N) is 1. The molecule has 3 N–H and O–H groups in total. The average molecular weight is 249 g/mol. The Kier molecular flexibility index (Phi) is 3.90. The Balaban J connectivity index is 2.00. The molecule has 0 atom stereocenters. The number of rotatable bonds is 4. The van der Waals surface area contributed by atoms with Crippen LogP contribution in [0.3, 0.4) is 0 Å². The summed E-state index contributed by atoms with van der Waals surface area (Å²) in [6.07, 6.45) is 3.03. The molecule has 1 aromatic carbocycles. The molecule has 0 fully saturated rings. The Morgan fingerprint density at radius 2 is 1.88 bits per heavy atom. The lowest BCUT2D eigenvalue weighted by Crippen LogP contribution is -2.03. The fourth-order valence-corrected chi connectivity index (χ4v) is 1.59. The van der Waals surface area contributed by atoms with E-state index in [4.69, 9.17) is 17.3 Å². The molecule has 0 unspecified atom stereocenters. The third-order valence-electron chi connectivity index (χ3n) is 2.39. The SMILES string of the molecule is NCc1ccc(CNc2ncncc2Cl)cc1. The predicted octanol–water partition coefficient (Wildman–Crippen LogP) is 2.20. The monoisotopic (exact) mass is 248 g/mol. The van der Waals surface area contributed by atoms with Gasteiger partial charge < -0.3 is 11.1 Å². The van der Waals surface area contributed by atoms with Gasteiger partial charge in [-0.25, -0.2) is 9.97 Å². The van der Waals surface area contributed by atoms with Crippen LogP contribution in [0.4, 0.5) is 5.82 Å². The van der Waals surface area contributed by atoms with Gasteiger partial charge in [0.15, 0.2) is 0 Å². The Morgan fingerprint density at radius 3 is 2.53 bits per heavy atom. The van der Waals surface area contributed by atoms with Gasteiger partial charge in [-0.1, -0.05) is 35.9 Å². The Morgan fingerprint density at radius 1 is 1.18 bits per heavy atom. The van der Waals surface area contributed by atoms with Gasteiger partial charge in [0.2, 0.25) is 0 Å². The minimum atomic E-state index is 0.520. The number of nitrogens with zero attached hydrogens (tertiary/aromatic N) is 2. The summed E-state index contributed by atoms with van der Waals surface area (Å²) < 4.78 is 0. The first-order valence-electron chi connectivity index (χ1n) is 5.27. The fraction of sp³-hybridized carbons (Fsp3) is 0.167. The lowest BCUT2D eigenvalue weighted by molar-refractivity contribution is 1.05. The van der Waals surface area contributed by atoms with Gasteiger partial charge in [0, 0.05) is 13.1 Å². The highest BCUT2D eigenvalue weighted by Gasteiger charge is 2.00. The molecule has 0 aliphatic heterocycles. The molecule has 0 bridgehead atoms. The highest BCUT2D eigenvalue weighted by molar-refractivity contribution is 6.32. The summed E-state index contributed by atoms with van der Waals surface area (Å²) in [5.74, 6) is 0.643. The first kappa shape index (κ1) is 11.8. The van der Waals surface area contributed by atoms with Gasteiger partial charge in [0.25, 0.3) is 0 Å². The van der Waals surface area contributed by atoms with E-state index in [0.29, 0.717) is 23.9 Å². The van der Waals surface area contributed by atoms with Crippen molar-refractivity contribution in [1.82, 2.24) is 9.97 Å². The van der Waals surface area contributed by atoms with E-state index in [1.54, 1.807) is 6.20 Å². The van der Waals surface area contributed by atoms with Crippen LogP contribution in [0, 0.1) is 0 Å². The fourth-order valence-electron chi connectivity index (χ4n) is 1.42. The van der Waals surface area contributed by atoms with Crippen LogP contribution in [-0.4, -0.2) is 9.97 Å². The predicted molar refractivity (Wildman–Crippen MR) is 68.7 cm³/mol. The van der Waals surface area contributed by atoms with E-state index in [-0.39, 0.29) is 0 Å². The van der Waals surface area contributed by atoms with Crippen LogP contribution >= 0.6 is 11.6 Å². The summed E-state index contributed by atoms with van der Waals surface area (Å²) in [7, 11) is 0. The van der Waals surface area contributed by atoms with Crippen molar-refractivity contribution >= 4 is 17.4 Å². The van der Waals surface area contributed by atoms with Crippen molar-refractivity contribution in [3.05, 3.63) is 52.9 Å². The number of nitrogens with two attached hydrogens (primary N) is 1. The second kappa shape index (κ2) is 5.61. The molecule has 1 aromatic heterocycles. The second-order valence-corrected chi connectivity index (χ2v) is 4.00. The maximum absolute atomic E-state index is 5.93. The second-order valence-electron chi connectivity index (χ2n) is 3.59. The Bertz CT molecular complexity index is 484. The van der Waals surface area contributed by atoms with E-state index in [1.165, 1.54) is 6.33 Å². The van der Waals surface area contributed by atoms with Crippen molar-refractivity contribution in [2.45, 2.75) is 13.1 Å². The molecule has 0 spiro atoms. The number of benzene rings is 1. The maximum Gasteiger partial charge on any atom is 0.148 e. The molecule has 0 saturated carbocycles. The molecule has 0 amide bonds. The van der Waals surface area contributed by atoms with Crippen molar-refractivity contribution in [3.8, 4) is 0 Å². The smallest absolute Gasteiger partial charge is 0.148 e. The summed E-state index contributed by atoms with van der Waals surface area (Å²) in [6.45, 7) is 1.23. The Hall–Kier alpha value is -1.65. The van der Waals surface area contributed by atoms with Gasteiger partial charge in [-0.05, 0) is 11.1 Å². The molecule has 17 heavy (non-hydrogen) atoms. The minimum Gasteiger partial charge on any atom is -0.365 e. The van der Waals surface area contributed by atoms with Gasteiger partial charge >= 0.3 is 0 Å². The maximum atomic E-state index is 5.93. The first-order chi connectivity index (χ1) is 8.29. The third kappa shape index (κ3) is 3.15. The van der Waals surface area contributed by atoms with Gasteiger partial charge in [-0.2, -0.15) is 0 Å². The third-order valence-corrected chi connectivity index (χ3v) is 2.66. The normalized spacial score (nSPS) is 10.2. The number of halogens is 1. The molecule has 88 valence electrons. The van der Waals surface area contributed by atoms with E-state index in [2.05, 4.69) is 15.3 Å².